The number of amidine groups is 1. The fraction of sp³-hybridized carbons (Fsp3) is 0.250. The number of benzene rings is 3. The maximum atomic E-state index is 13.5. The molecule has 1 fully saturated rings. The number of hydrogen-bond donors (Lipinski definition) is 1. The second kappa shape index (κ2) is 10.6. The van der Waals surface area contributed by atoms with Crippen molar-refractivity contribution in [2.45, 2.75) is 32.1 Å². The largest absolute Gasteiger partial charge is 0.497 e. The lowest BCUT2D eigenvalue weighted by molar-refractivity contribution is -0.128. The van der Waals surface area contributed by atoms with Crippen molar-refractivity contribution < 1.29 is 23.8 Å². The van der Waals surface area contributed by atoms with Crippen molar-refractivity contribution in [3.8, 4) is 17.2 Å². The van der Waals surface area contributed by atoms with Crippen LogP contribution in [0.2, 0.25) is 0 Å². The highest BCUT2D eigenvalue weighted by atomic mass is 32.2. The van der Waals surface area contributed by atoms with Crippen molar-refractivity contribution in [3.63, 3.8) is 0 Å². The predicted molar refractivity (Wildman–Crippen MR) is 144 cm³/mol. The summed E-state index contributed by atoms with van der Waals surface area (Å²) >= 11 is 1.30. The number of carbonyl (C=O) groups is 2. The summed E-state index contributed by atoms with van der Waals surface area (Å²) in [6.07, 6.45) is 0.0378. The molecule has 2 aliphatic heterocycles. The van der Waals surface area contributed by atoms with E-state index < -0.39 is 5.25 Å². The average molecular weight is 518 g/mol. The Morgan fingerprint density at radius 1 is 1.08 bits per heavy atom. The predicted octanol–water partition coefficient (Wildman–Crippen LogP) is 5.20. The van der Waals surface area contributed by atoms with E-state index >= 15 is 0 Å². The maximum Gasteiger partial charge on any atom is 0.242 e. The molecule has 8 nitrogen and oxygen atoms in total. The summed E-state index contributed by atoms with van der Waals surface area (Å²) < 4.78 is 16.1. The second-order valence-electron chi connectivity index (χ2n) is 8.88. The molecule has 190 valence electrons. The van der Waals surface area contributed by atoms with Gasteiger partial charge in [-0.25, -0.2) is 4.99 Å². The lowest BCUT2D eigenvalue weighted by atomic mass is 10.1. The molecular weight excluding hydrogens is 490 g/mol. The first-order valence-electron chi connectivity index (χ1n) is 11.9. The SMILES string of the molecule is COc1ccc(N=C2S[C@H](CC(=O)Nc3ccc(C)cc3C)C(=O)N2Cc2ccc3c(c2)OCO3)cc1. The molecule has 0 bridgehead atoms. The Morgan fingerprint density at radius 3 is 2.62 bits per heavy atom. The molecule has 37 heavy (non-hydrogen) atoms. The topological polar surface area (TPSA) is 89.5 Å². The van der Waals surface area contributed by atoms with Gasteiger partial charge >= 0.3 is 0 Å². The van der Waals surface area contributed by atoms with E-state index in [0.29, 0.717) is 28.9 Å². The van der Waals surface area contributed by atoms with Crippen LogP contribution in [0.1, 0.15) is 23.1 Å². The summed E-state index contributed by atoms with van der Waals surface area (Å²) in [5.74, 6) is 1.67. The van der Waals surface area contributed by atoms with Crippen molar-refractivity contribution in [1.82, 2.24) is 4.90 Å². The molecular formula is C28H27N3O5S. The number of fused-ring (bicyclic) bond motifs is 1. The first-order chi connectivity index (χ1) is 17.9. The molecule has 2 heterocycles. The molecule has 0 aromatic heterocycles. The first kappa shape index (κ1) is 24.7. The van der Waals surface area contributed by atoms with Gasteiger partial charge < -0.3 is 19.5 Å². The van der Waals surface area contributed by atoms with Gasteiger partial charge in [0.25, 0.3) is 0 Å². The number of hydrogen-bond acceptors (Lipinski definition) is 7. The number of nitrogens with one attached hydrogen (secondary N) is 1. The molecule has 0 spiro atoms. The van der Waals surface area contributed by atoms with Gasteiger partial charge in [-0.3, -0.25) is 14.5 Å². The van der Waals surface area contributed by atoms with Crippen LogP contribution in [-0.2, 0) is 16.1 Å². The number of aliphatic imine (C=N–C) groups is 1. The maximum absolute atomic E-state index is 13.5. The summed E-state index contributed by atoms with van der Waals surface area (Å²) in [7, 11) is 1.60. The molecule has 1 N–H and O–H groups in total. The average Bonchev–Trinajstić information content (AvgIpc) is 3.46. The number of nitrogens with zero attached hydrogens (tertiary/aromatic N) is 2. The van der Waals surface area contributed by atoms with Crippen LogP contribution in [0.3, 0.4) is 0 Å². The normalized spacial score (nSPS) is 17.4. The van der Waals surface area contributed by atoms with Crippen LogP contribution >= 0.6 is 11.8 Å². The number of methoxy groups -OCH3 is 1. The summed E-state index contributed by atoms with van der Waals surface area (Å²) in [5, 5.41) is 2.90. The zero-order valence-electron chi connectivity index (χ0n) is 20.8. The summed E-state index contributed by atoms with van der Waals surface area (Å²) in [6, 6.07) is 18.7. The van der Waals surface area contributed by atoms with E-state index in [1.54, 1.807) is 12.0 Å². The van der Waals surface area contributed by atoms with Crippen molar-refractivity contribution in [3.05, 3.63) is 77.4 Å². The smallest absolute Gasteiger partial charge is 0.242 e. The van der Waals surface area contributed by atoms with E-state index in [0.717, 1.165) is 28.1 Å². The minimum atomic E-state index is -0.586. The Hall–Kier alpha value is -3.98. The van der Waals surface area contributed by atoms with Crippen LogP contribution < -0.4 is 19.5 Å². The van der Waals surface area contributed by atoms with Gasteiger partial charge in [0, 0.05) is 12.1 Å². The highest BCUT2D eigenvalue weighted by Crippen LogP contribution is 2.36. The number of rotatable bonds is 7. The lowest BCUT2D eigenvalue weighted by Crippen LogP contribution is -2.33. The molecule has 1 saturated heterocycles. The third kappa shape index (κ3) is 5.56. The fourth-order valence-corrected chi connectivity index (χ4v) is 5.34. The van der Waals surface area contributed by atoms with E-state index in [1.807, 2.05) is 74.5 Å². The Kier molecular flexibility index (Phi) is 7.05. The van der Waals surface area contributed by atoms with E-state index in [9.17, 15) is 9.59 Å². The minimum Gasteiger partial charge on any atom is -0.497 e. The van der Waals surface area contributed by atoms with Crippen LogP contribution in [0.25, 0.3) is 0 Å². The molecule has 2 aliphatic rings. The first-order valence-corrected chi connectivity index (χ1v) is 12.7. The molecule has 0 unspecified atom stereocenters. The van der Waals surface area contributed by atoms with Crippen molar-refractivity contribution in [2.24, 2.45) is 4.99 Å². The second-order valence-corrected chi connectivity index (χ2v) is 10.1. The van der Waals surface area contributed by atoms with E-state index in [-0.39, 0.29) is 25.0 Å². The van der Waals surface area contributed by atoms with Gasteiger partial charge in [-0.15, -0.1) is 0 Å². The summed E-state index contributed by atoms with van der Waals surface area (Å²) in [5.41, 5.74) is 4.41. The fourth-order valence-electron chi connectivity index (χ4n) is 4.18. The monoisotopic (exact) mass is 517 g/mol. The zero-order valence-corrected chi connectivity index (χ0v) is 21.6. The highest BCUT2D eigenvalue weighted by Gasteiger charge is 2.39. The Balaban J connectivity index is 1.37. The molecule has 3 aromatic rings. The molecule has 1 atom stereocenters. The van der Waals surface area contributed by atoms with Crippen LogP contribution in [-0.4, -0.2) is 41.0 Å². The number of carbonyl (C=O) groups excluding carboxylic acids is 2. The lowest BCUT2D eigenvalue weighted by Gasteiger charge is -2.17. The Bertz CT molecular complexity index is 1370. The third-order valence-electron chi connectivity index (χ3n) is 6.12. The number of ether oxygens (including phenoxy) is 3. The number of aryl methyl sites for hydroxylation is 2. The molecule has 5 rings (SSSR count). The van der Waals surface area contributed by atoms with E-state index in [4.69, 9.17) is 19.2 Å². The van der Waals surface area contributed by atoms with Crippen molar-refractivity contribution >= 4 is 40.1 Å². The Labute approximate surface area is 219 Å². The summed E-state index contributed by atoms with van der Waals surface area (Å²) in [4.78, 5) is 32.8. The van der Waals surface area contributed by atoms with Gasteiger partial charge in [-0.2, -0.15) is 0 Å². The third-order valence-corrected chi connectivity index (χ3v) is 7.30. The number of thioether (sulfide) groups is 1. The van der Waals surface area contributed by atoms with Crippen LogP contribution in [0.5, 0.6) is 17.2 Å². The van der Waals surface area contributed by atoms with E-state index in [2.05, 4.69) is 5.32 Å². The van der Waals surface area contributed by atoms with Crippen molar-refractivity contribution in [2.75, 3.05) is 19.2 Å². The quantitative estimate of drug-likeness (QED) is 0.463. The van der Waals surface area contributed by atoms with Crippen molar-refractivity contribution in [1.29, 1.82) is 0 Å². The molecule has 3 aromatic carbocycles. The van der Waals surface area contributed by atoms with Crippen LogP contribution in [0, 0.1) is 13.8 Å². The molecule has 2 amide bonds. The number of amides is 2. The van der Waals surface area contributed by atoms with Gasteiger partial charge in [0.2, 0.25) is 18.6 Å². The van der Waals surface area contributed by atoms with Gasteiger partial charge in [0.1, 0.15) is 11.0 Å². The van der Waals surface area contributed by atoms with Gasteiger partial charge in [-0.1, -0.05) is 35.5 Å². The zero-order chi connectivity index (χ0) is 25.9. The van der Waals surface area contributed by atoms with Gasteiger partial charge in [0.05, 0.1) is 19.3 Å². The van der Waals surface area contributed by atoms with Crippen LogP contribution in [0.15, 0.2) is 65.7 Å². The molecule has 0 aliphatic carbocycles. The van der Waals surface area contributed by atoms with Crippen LogP contribution in [0.4, 0.5) is 11.4 Å². The standard InChI is InChI=1S/C28H27N3O5S/c1-17-4-10-22(18(2)12-17)30-26(32)14-25-27(33)31(15-19-5-11-23-24(13-19)36-16-35-23)28(37-25)29-20-6-8-21(34-3)9-7-20/h4-13,25H,14-16H2,1-3H3,(H,30,32)/t25-/m1/s1. The van der Waals surface area contributed by atoms with Gasteiger partial charge in [0.15, 0.2) is 16.7 Å². The molecule has 0 radical (unpaired) electrons. The highest BCUT2D eigenvalue weighted by molar-refractivity contribution is 8.15. The van der Waals surface area contributed by atoms with Gasteiger partial charge in [-0.05, 0) is 67.4 Å². The number of anilines is 1. The Morgan fingerprint density at radius 2 is 1.86 bits per heavy atom. The minimum absolute atomic E-state index is 0.0378. The summed E-state index contributed by atoms with van der Waals surface area (Å²) in [6.45, 7) is 4.43. The molecule has 0 saturated carbocycles. The van der Waals surface area contributed by atoms with E-state index in [1.165, 1.54) is 11.8 Å². The molecule has 9 heteroatoms.